The van der Waals surface area contributed by atoms with E-state index < -0.39 is 5.97 Å². The summed E-state index contributed by atoms with van der Waals surface area (Å²) in [6, 6.07) is 4.94. The Bertz CT molecular complexity index is 616. The lowest BCUT2D eigenvalue weighted by Crippen LogP contribution is -1.97. The summed E-state index contributed by atoms with van der Waals surface area (Å²) in [6.07, 6.45) is 0. The molecule has 0 saturated carbocycles. The van der Waals surface area contributed by atoms with Crippen LogP contribution in [0.15, 0.2) is 23.4 Å². The highest BCUT2D eigenvalue weighted by atomic mass is 32.2. The maximum absolute atomic E-state index is 10.5. The molecule has 1 aromatic heterocycles. The van der Waals surface area contributed by atoms with Gasteiger partial charge in [0.1, 0.15) is 5.75 Å². The van der Waals surface area contributed by atoms with Gasteiger partial charge in [-0.3, -0.25) is 20.6 Å². The third kappa shape index (κ3) is 3.19. The Hall–Kier alpha value is -2.26. The molecule has 0 fully saturated rings. The number of nitrogens with one attached hydrogen (secondary N) is 2. The van der Waals surface area contributed by atoms with Crippen molar-refractivity contribution in [3.63, 3.8) is 0 Å². The Morgan fingerprint density at radius 2 is 2.35 bits per heavy atom. The molecule has 20 heavy (non-hydrogen) atoms. The van der Waals surface area contributed by atoms with Gasteiger partial charge in [-0.2, -0.15) is 0 Å². The fourth-order valence-corrected chi connectivity index (χ4v) is 2.03. The summed E-state index contributed by atoms with van der Waals surface area (Å²) in [7, 11) is 1.50. The van der Waals surface area contributed by atoms with E-state index in [1.165, 1.54) is 7.11 Å². The average molecular weight is 296 g/mol. The number of nitrogens with zero attached hydrogens (tertiary/aromatic N) is 2. The van der Waals surface area contributed by atoms with Gasteiger partial charge in [-0.25, -0.2) is 4.98 Å². The van der Waals surface area contributed by atoms with Gasteiger partial charge in [0, 0.05) is 6.07 Å². The number of carboxylic acid groups (broad SMARTS) is 1. The molecule has 0 bridgehead atoms. The fourth-order valence-electron chi connectivity index (χ4n) is 1.51. The molecule has 9 heteroatoms. The van der Waals surface area contributed by atoms with Crippen molar-refractivity contribution in [2.24, 2.45) is 0 Å². The number of benzene rings is 1. The van der Waals surface area contributed by atoms with Gasteiger partial charge in [-0.15, -0.1) is 5.10 Å². The number of rotatable bonds is 6. The van der Waals surface area contributed by atoms with Crippen LogP contribution in [0.3, 0.4) is 0 Å². The van der Waals surface area contributed by atoms with Crippen LogP contribution in [0.2, 0.25) is 0 Å². The van der Waals surface area contributed by atoms with Crippen LogP contribution >= 0.6 is 11.8 Å². The van der Waals surface area contributed by atoms with E-state index in [1.807, 2.05) is 5.48 Å². The van der Waals surface area contributed by atoms with Gasteiger partial charge in [-0.1, -0.05) is 11.8 Å². The molecule has 4 N–H and O–H groups in total. The summed E-state index contributed by atoms with van der Waals surface area (Å²) in [5.41, 5.74) is 3.15. The number of anilines is 1. The number of thioether (sulfide) groups is 1. The molecular formula is C11H12N4O4S. The Morgan fingerprint density at radius 3 is 3.00 bits per heavy atom. The number of hydrogen-bond donors (Lipinski definition) is 4. The molecule has 0 aliphatic heterocycles. The van der Waals surface area contributed by atoms with E-state index >= 15 is 0 Å². The first-order valence-electron chi connectivity index (χ1n) is 5.49. The zero-order valence-electron chi connectivity index (χ0n) is 10.5. The molecule has 0 atom stereocenters. The number of hydrogen-bond acceptors (Lipinski definition) is 7. The highest BCUT2D eigenvalue weighted by Crippen LogP contribution is 2.30. The zero-order chi connectivity index (χ0) is 14.5. The minimum atomic E-state index is -0.933. The second kappa shape index (κ2) is 6.26. The number of ether oxygens (including phenoxy) is 1. The van der Waals surface area contributed by atoms with Crippen molar-refractivity contribution < 1.29 is 19.8 Å². The lowest BCUT2D eigenvalue weighted by molar-refractivity contribution is -0.133. The molecule has 0 aliphatic carbocycles. The van der Waals surface area contributed by atoms with Crippen LogP contribution in [-0.4, -0.2) is 44.3 Å². The van der Waals surface area contributed by atoms with Crippen LogP contribution in [-0.2, 0) is 4.79 Å². The Balaban J connectivity index is 2.25. The van der Waals surface area contributed by atoms with E-state index in [4.69, 9.17) is 15.1 Å². The molecule has 0 saturated heterocycles. The van der Waals surface area contributed by atoms with Crippen molar-refractivity contribution in [1.29, 1.82) is 0 Å². The smallest absolute Gasteiger partial charge is 0.313 e. The molecule has 2 aromatic rings. The van der Waals surface area contributed by atoms with E-state index in [9.17, 15) is 4.79 Å². The van der Waals surface area contributed by atoms with Gasteiger partial charge in [0.15, 0.2) is 5.82 Å². The third-order valence-corrected chi connectivity index (χ3v) is 3.21. The summed E-state index contributed by atoms with van der Waals surface area (Å²) in [6.45, 7) is 0. The summed E-state index contributed by atoms with van der Waals surface area (Å²) in [5, 5.41) is 24.4. The molecule has 2 rings (SSSR count). The highest BCUT2D eigenvalue weighted by Gasteiger charge is 2.12. The number of aliphatic carboxylic acids is 1. The van der Waals surface area contributed by atoms with E-state index in [1.54, 1.807) is 18.2 Å². The quantitative estimate of drug-likeness (QED) is 0.467. The van der Waals surface area contributed by atoms with Gasteiger partial charge in [0.2, 0.25) is 5.16 Å². The summed E-state index contributed by atoms with van der Waals surface area (Å²) in [4.78, 5) is 14.7. The molecule has 0 aliphatic rings. The fraction of sp³-hybridized carbons (Fsp3) is 0.182. The van der Waals surface area contributed by atoms with Gasteiger partial charge >= 0.3 is 5.97 Å². The maximum atomic E-state index is 10.5. The molecule has 1 aromatic carbocycles. The number of H-pyrrole nitrogens is 1. The van der Waals surface area contributed by atoms with Gasteiger partial charge in [0.25, 0.3) is 0 Å². The Morgan fingerprint density at radius 1 is 1.55 bits per heavy atom. The van der Waals surface area contributed by atoms with Crippen molar-refractivity contribution in [3.05, 3.63) is 18.2 Å². The first-order chi connectivity index (χ1) is 9.63. The SMILES string of the molecule is COc1cc(NO)ccc1-c1nc(SCC(=O)O)n[nH]1. The number of aromatic nitrogens is 3. The van der Waals surface area contributed by atoms with Crippen LogP contribution < -0.4 is 10.2 Å². The molecule has 0 unspecified atom stereocenters. The van der Waals surface area contributed by atoms with E-state index in [-0.39, 0.29) is 5.75 Å². The van der Waals surface area contributed by atoms with Crippen molar-refractivity contribution >= 4 is 23.4 Å². The molecule has 1 heterocycles. The normalized spacial score (nSPS) is 10.3. The van der Waals surface area contributed by atoms with Crippen molar-refractivity contribution in [2.45, 2.75) is 5.16 Å². The van der Waals surface area contributed by atoms with Crippen molar-refractivity contribution in [2.75, 3.05) is 18.3 Å². The monoisotopic (exact) mass is 296 g/mol. The van der Waals surface area contributed by atoms with Crippen LogP contribution in [0.1, 0.15) is 0 Å². The lowest BCUT2D eigenvalue weighted by atomic mass is 10.1. The van der Waals surface area contributed by atoms with Crippen molar-refractivity contribution in [1.82, 2.24) is 15.2 Å². The van der Waals surface area contributed by atoms with Crippen molar-refractivity contribution in [3.8, 4) is 17.1 Å². The summed E-state index contributed by atoms with van der Waals surface area (Å²) < 4.78 is 5.21. The molecule has 8 nitrogen and oxygen atoms in total. The van der Waals surface area contributed by atoms with Crippen LogP contribution in [0, 0.1) is 0 Å². The Kier molecular flexibility index (Phi) is 4.43. The van der Waals surface area contributed by atoms with Gasteiger partial charge in [0.05, 0.1) is 24.1 Å². The first-order valence-corrected chi connectivity index (χ1v) is 6.48. The number of carbonyl (C=O) groups is 1. The number of aromatic amines is 1. The third-order valence-electron chi connectivity index (χ3n) is 2.38. The predicted molar refractivity (Wildman–Crippen MR) is 72.1 cm³/mol. The van der Waals surface area contributed by atoms with E-state index in [0.29, 0.717) is 28.0 Å². The molecule has 106 valence electrons. The molecule has 0 spiro atoms. The molecule has 0 amide bonds. The largest absolute Gasteiger partial charge is 0.496 e. The lowest BCUT2D eigenvalue weighted by Gasteiger charge is -2.07. The number of carboxylic acids is 1. The topological polar surface area (TPSA) is 120 Å². The second-order valence-electron chi connectivity index (χ2n) is 3.68. The van der Waals surface area contributed by atoms with Crippen LogP contribution in [0.25, 0.3) is 11.4 Å². The standard InChI is InChI=1S/C11H12N4O4S/c1-19-8-4-6(15-18)2-3-7(8)10-12-11(14-13-10)20-5-9(16)17/h2-4,15,18H,5H2,1H3,(H,16,17)(H,12,13,14). The maximum Gasteiger partial charge on any atom is 0.313 e. The minimum Gasteiger partial charge on any atom is -0.496 e. The Labute approximate surface area is 118 Å². The molecular weight excluding hydrogens is 284 g/mol. The summed E-state index contributed by atoms with van der Waals surface area (Å²) >= 11 is 1.02. The van der Waals surface area contributed by atoms with Crippen LogP contribution in [0.4, 0.5) is 5.69 Å². The second-order valence-corrected chi connectivity index (χ2v) is 4.62. The minimum absolute atomic E-state index is 0.109. The summed E-state index contributed by atoms with van der Waals surface area (Å²) in [5.74, 6) is -0.0894. The average Bonchev–Trinajstić information content (AvgIpc) is 2.93. The number of methoxy groups -OCH3 is 1. The van der Waals surface area contributed by atoms with Crippen LogP contribution in [0.5, 0.6) is 5.75 Å². The first kappa shape index (κ1) is 14.2. The van der Waals surface area contributed by atoms with Gasteiger partial charge < -0.3 is 9.84 Å². The highest BCUT2D eigenvalue weighted by molar-refractivity contribution is 7.99. The van der Waals surface area contributed by atoms with E-state index in [0.717, 1.165) is 11.8 Å². The molecule has 0 radical (unpaired) electrons. The van der Waals surface area contributed by atoms with E-state index in [2.05, 4.69) is 15.2 Å². The predicted octanol–water partition coefficient (Wildman–Crippen LogP) is 1.46. The zero-order valence-corrected chi connectivity index (χ0v) is 11.3. The van der Waals surface area contributed by atoms with Gasteiger partial charge in [-0.05, 0) is 12.1 Å².